The van der Waals surface area contributed by atoms with E-state index in [1.807, 2.05) is 49.4 Å². The molecule has 0 saturated heterocycles. The number of benzene rings is 2. The first-order valence-corrected chi connectivity index (χ1v) is 12.6. The number of nitrogens with zero attached hydrogens (tertiary/aromatic N) is 1. The highest BCUT2D eigenvalue weighted by Gasteiger charge is 2.13. The van der Waals surface area contributed by atoms with Gasteiger partial charge in [0.1, 0.15) is 6.61 Å². The minimum atomic E-state index is 0.463. The maximum absolute atomic E-state index is 6.58. The Hall–Kier alpha value is -1.75. The number of hydrogen-bond donors (Lipinski definition) is 1. The smallest absolute Gasteiger partial charge is 0.180 e. The number of ether oxygens (including phenoxy) is 2. The van der Waals surface area contributed by atoms with Crippen molar-refractivity contribution in [3.05, 3.63) is 58.6 Å². The molecule has 0 aliphatic heterocycles. The number of unbranched alkanes of at least 4 members (excludes halogenated alkanes) is 2. The third-order valence-corrected chi connectivity index (χ3v) is 5.69. The molecule has 0 bridgehead atoms. The molecule has 0 spiro atoms. The van der Waals surface area contributed by atoms with Crippen molar-refractivity contribution in [1.82, 2.24) is 10.2 Å². The van der Waals surface area contributed by atoms with Crippen LogP contribution in [-0.4, -0.2) is 37.7 Å². The highest BCUT2D eigenvalue weighted by atomic mass is 35.5. The Kier molecular flexibility index (Phi) is 13.2. The van der Waals surface area contributed by atoms with Gasteiger partial charge in [0.2, 0.25) is 0 Å². The standard InChI is InChI=1S/C27H41ClN2O2/c1-4-7-16-30(17-8-5-2)18-12-15-29-21-24-19-25(28)27(26(20-24)31-6-3)32-22-23-13-10-9-11-14-23/h9-11,13-14,19-20,29H,4-8,12,15-18,21-22H2,1-3H3. The zero-order chi connectivity index (χ0) is 23.0. The van der Waals surface area contributed by atoms with Gasteiger partial charge in [-0.05, 0) is 75.6 Å². The SMILES string of the molecule is CCCCN(CCCC)CCCNCc1cc(Cl)c(OCc2ccccc2)c(OCC)c1. The van der Waals surface area contributed by atoms with E-state index in [-0.39, 0.29) is 0 Å². The normalized spacial score (nSPS) is 11.2. The molecule has 0 aliphatic rings. The van der Waals surface area contributed by atoms with Crippen LogP contribution in [0, 0.1) is 0 Å². The molecule has 0 atom stereocenters. The summed E-state index contributed by atoms with van der Waals surface area (Å²) in [7, 11) is 0. The maximum atomic E-state index is 6.58. The summed E-state index contributed by atoms with van der Waals surface area (Å²) in [6.45, 7) is 12.9. The summed E-state index contributed by atoms with van der Waals surface area (Å²) in [4.78, 5) is 2.61. The third-order valence-electron chi connectivity index (χ3n) is 5.41. The van der Waals surface area contributed by atoms with Crippen LogP contribution in [0.5, 0.6) is 11.5 Å². The third kappa shape index (κ3) is 9.81. The summed E-state index contributed by atoms with van der Waals surface area (Å²) in [5.74, 6) is 1.32. The molecule has 2 aromatic carbocycles. The molecule has 2 aromatic rings. The second-order valence-electron chi connectivity index (χ2n) is 8.19. The molecule has 0 amide bonds. The van der Waals surface area contributed by atoms with Crippen molar-refractivity contribution in [1.29, 1.82) is 0 Å². The molecule has 4 nitrogen and oxygen atoms in total. The van der Waals surface area contributed by atoms with Crippen LogP contribution in [0.1, 0.15) is 64.0 Å². The minimum Gasteiger partial charge on any atom is -0.490 e. The topological polar surface area (TPSA) is 33.7 Å². The van der Waals surface area contributed by atoms with E-state index in [1.54, 1.807) is 0 Å². The van der Waals surface area contributed by atoms with Crippen molar-refractivity contribution in [2.75, 3.05) is 32.8 Å². The fraction of sp³-hybridized carbons (Fsp3) is 0.556. The van der Waals surface area contributed by atoms with Crippen LogP contribution in [-0.2, 0) is 13.2 Å². The zero-order valence-corrected chi connectivity index (χ0v) is 20.9. The first kappa shape index (κ1) is 26.5. The Bertz CT molecular complexity index is 747. The van der Waals surface area contributed by atoms with Gasteiger partial charge in [-0.2, -0.15) is 0 Å². The molecule has 0 radical (unpaired) electrons. The Morgan fingerprint density at radius 1 is 0.844 bits per heavy atom. The molecule has 0 aliphatic carbocycles. The van der Waals surface area contributed by atoms with Crippen molar-refractivity contribution in [2.24, 2.45) is 0 Å². The number of hydrogen-bond acceptors (Lipinski definition) is 4. The molecule has 0 saturated carbocycles. The van der Waals surface area contributed by atoms with Gasteiger partial charge in [0, 0.05) is 6.54 Å². The van der Waals surface area contributed by atoms with Gasteiger partial charge in [-0.15, -0.1) is 0 Å². The van der Waals surface area contributed by atoms with Crippen LogP contribution < -0.4 is 14.8 Å². The molecular formula is C27H41ClN2O2. The maximum Gasteiger partial charge on any atom is 0.180 e. The Balaban J connectivity index is 1.86. The van der Waals surface area contributed by atoms with Gasteiger partial charge in [-0.3, -0.25) is 0 Å². The van der Waals surface area contributed by atoms with Crippen LogP contribution >= 0.6 is 11.6 Å². The highest BCUT2D eigenvalue weighted by Crippen LogP contribution is 2.37. The molecule has 1 N–H and O–H groups in total. The number of nitrogens with one attached hydrogen (secondary N) is 1. The summed E-state index contributed by atoms with van der Waals surface area (Å²) < 4.78 is 11.8. The zero-order valence-electron chi connectivity index (χ0n) is 20.2. The highest BCUT2D eigenvalue weighted by molar-refractivity contribution is 6.32. The molecule has 0 fully saturated rings. The van der Waals surface area contributed by atoms with Crippen LogP contribution in [0.2, 0.25) is 5.02 Å². The Morgan fingerprint density at radius 3 is 2.19 bits per heavy atom. The van der Waals surface area contributed by atoms with E-state index in [1.165, 1.54) is 38.8 Å². The van der Waals surface area contributed by atoms with Crippen molar-refractivity contribution in [3.8, 4) is 11.5 Å². The van der Waals surface area contributed by atoms with E-state index in [0.717, 1.165) is 37.2 Å². The summed E-state index contributed by atoms with van der Waals surface area (Å²) in [6.07, 6.45) is 6.24. The van der Waals surface area contributed by atoms with Crippen molar-refractivity contribution < 1.29 is 9.47 Å². The van der Waals surface area contributed by atoms with Crippen molar-refractivity contribution in [3.63, 3.8) is 0 Å². The second-order valence-corrected chi connectivity index (χ2v) is 8.60. The quantitative estimate of drug-likeness (QED) is 0.266. The monoisotopic (exact) mass is 460 g/mol. The molecule has 178 valence electrons. The van der Waals surface area contributed by atoms with E-state index >= 15 is 0 Å². The van der Waals surface area contributed by atoms with Gasteiger partial charge in [0.25, 0.3) is 0 Å². The van der Waals surface area contributed by atoms with Crippen LogP contribution in [0.25, 0.3) is 0 Å². The number of rotatable bonds is 17. The van der Waals surface area contributed by atoms with Gasteiger partial charge in [-0.1, -0.05) is 68.6 Å². The van der Waals surface area contributed by atoms with Crippen LogP contribution in [0.3, 0.4) is 0 Å². The minimum absolute atomic E-state index is 0.463. The van der Waals surface area contributed by atoms with Gasteiger partial charge in [0.15, 0.2) is 11.5 Å². The molecule has 32 heavy (non-hydrogen) atoms. The van der Waals surface area contributed by atoms with Crippen LogP contribution in [0.4, 0.5) is 0 Å². The largest absolute Gasteiger partial charge is 0.490 e. The molecule has 2 rings (SSSR count). The van der Waals surface area contributed by atoms with Crippen LogP contribution in [0.15, 0.2) is 42.5 Å². The Labute approximate surface area is 200 Å². The number of halogens is 1. The molecule has 0 heterocycles. The van der Waals surface area contributed by atoms with Crippen molar-refractivity contribution >= 4 is 11.6 Å². The predicted octanol–water partition coefficient (Wildman–Crippen LogP) is 6.70. The lowest BCUT2D eigenvalue weighted by Gasteiger charge is -2.22. The van der Waals surface area contributed by atoms with Gasteiger partial charge in [-0.25, -0.2) is 0 Å². The van der Waals surface area contributed by atoms with Gasteiger partial charge in [0.05, 0.1) is 11.6 Å². The molecule has 0 unspecified atom stereocenters. The van der Waals surface area contributed by atoms with Crippen molar-refractivity contribution in [2.45, 2.75) is 66.0 Å². The van der Waals surface area contributed by atoms with E-state index in [2.05, 4.69) is 24.1 Å². The summed E-state index contributed by atoms with van der Waals surface area (Å²) >= 11 is 6.58. The fourth-order valence-corrected chi connectivity index (χ4v) is 3.90. The fourth-order valence-electron chi connectivity index (χ4n) is 3.62. The van der Waals surface area contributed by atoms with E-state index < -0.39 is 0 Å². The predicted molar refractivity (Wildman–Crippen MR) is 136 cm³/mol. The van der Waals surface area contributed by atoms with Gasteiger partial charge >= 0.3 is 0 Å². The average molecular weight is 461 g/mol. The first-order chi connectivity index (χ1) is 15.7. The molecular weight excluding hydrogens is 420 g/mol. The molecule has 0 aromatic heterocycles. The average Bonchev–Trinajstić information content (AvgIpc) is 2.80. The molecule has 5 heteroatoms. The lowest BCUT2D eigenvalue weighted by Crippen LogP contribution is -2.29. The van der Waals surface area contributed by atoms with Gasteiger partial charge < -0.3 is 19.7 Å². The Morgan fingerprint density at radius 2 is 1.53 bits per heavy atom. The summed E-state index contributed by atoms with van der Waals surface area (Å²) in [5.41, 5.74) is 2.21. The second kappa shape index (κ2) is 16.0. The lowest BCUT2D eigenvalue weighted by molar-refractivity contribution is 0.261. The van der Waals surface area contributed by atoms with E-state index in [0.29, 0.717) is 29.7 Å². The van der Waals surface area contributed by atoms with E-state index in [9.17, 15) is 0 Å². The first-order valence-electron chi connectivity index (χ1n) is 12.2. The van der Waals surface area contributed by atoms with E-state index in [4.69, 9.17) is 21.1 Å². The summed E-state index contributed by atoms with van der Waals surface area (Å²) in [5, 5.41) is 4.15. The summed E-state index contributed by atoms with van der Waals surface area (Å²) in [6, 6.07) is 14.1. The lowest BCUT2D eigenvalue weighted by atomic mass is 10.2.